The molecule has 0 saturated carbocycles. The molecule has 1 unspecified atom stereocenters. The van der Waals surface area contributed by atoms with E-state index in [9.17, 15) is 0 Å². The number of hydrogen-bond acceptors (Lipinski definition) is 3. The van der Waals surface area contributed by atoms with E-state index >= 15 is 0 Å². The van der Waals surface area contributed by atoms with E-state index in [1.807, 2.05) is 12.1 Å². The Morgan fingerprint density at radius 3 is 2.93 bits per heavy atom. The van der Waals surface area contributed by atoms with Crippen LogP contribution >= 0.6 is 15.9 Å². The quantitative estimate of drug-likeness (QED) is 0.808. The number of aromatic nitrogens is 1. The van der Waals surface area contributed by atoms with Gasteiger partial charge in [-0.05, 0) is 40.9 Å². The first kappa shape index (κ1) is 12.6. The van der Waals surface area contributed by atoms with E-state index in [0.717, 1.165) is 36.0 Å². The highest BCUT2D eigenvalue weighted by atomic mass is 79.9. The maximum absolute atomic E-state index is 5.98. The maximum Gasteiger partial charge on any atom is 0.0462 e. The molecule has 2 N–H and O–H groups in total. The van der Waals surface area contributed by atoms with Gasteiger partial charge in [0, 0.05) is 42.5 Å². The monoisotopic (exact) mass is 272 g/mol. The van der Waals surface area contributed by atoms with Gasteiger partial charge in [-0.2, -0.15) is 0 Å². The molecule has 4 heteroatoms. The second-order valence-corrected chi connectivity index (χ2v) is 4.48. The normalized spacial score (nSPS) is 12.7. The summed E-state index contributed by atoms with van der Waals surface area (Å²) in [5.41, 5.74) is 7.02. The average Bonchev–Trinajstić information content (AvgIpc) is 2.22. The summed E-state index contributed by atoms with van der Waals surface area (Å²) in [6, 6.07) is 4.17. The van der Waals surface area contributed by atoms with Crippen molar-refractivity contribution in [3.63, 3.8) is 0 Å². The molecule has 0 radical (unpaired) electrons. The molecule has 0 saturated heterocycles. The van der Waals surface area contributed by atoms with Crippen LogP contribution in [0.1, 0.15) is 18.5 Å². The van der Waals surface area contributed by atoms with Crippen molar-refractivity contribution >= 4 is 15.9 Å². The van der Waals surface area contributed by atoms with Gasteiger partial charge in [-0.3, -0.25) is 4.98 Å². The van der Waals surface area contributed by atoms with Gasteiger partial charge in [0.25, 0.3) is 0 Å². The topological polar surface area (TPSA) is 48.1 Å². The van der Waals surface area contributed by atoms with Crippen molar-refractivity contribution in [1.29, 1.82) is 0 Å². The molecule has 0 bridgehead atoms. The SMILES string of the molecule is COCCCC(N)Cc1ccc(Br)cn1. The second-order valence-electron chi connectivity index (χ2n) is 3.57. The van der Waals surface area contributed by atoms with E-state index in [1.165, 1.54) is 0 Å². The minimum absolute atomic E-state index is 0.175. The van der Waals surface area contributed by atoms with Crippen LogP contribution < -0.4 is 5.73 Å². The van der Waals surface area contributed by atoms with E-state index in [1.54, 1.807) is 13.3 Å². The Bertz CT molecular complexity index is 276. The molecule has 1 atom stereocenters. The molecule has 0 spiro atoms. The molecule has 1 aromatic rings. The van der Waals surface area contributed by atoms with Gasteiger partial charge in [0.05, 0.1) is 0 Å². The van der Waals surface area contributed by atoms with E-state index in [2.05, 4.69) is 20.9 Å². The number of rotatable bonds is 6. The first-order valence-electron chi connectivity index (χ1n) is 5.07. The fourth-order valence-electron chi connectivity index (χ4n) is 1.39. The number of pyridine rings is 1. The van der Waals surface area contributed by atoms with Crippen molar-refractivity contribution in [3.05, 3.63) is 28.5 Å². The summed E-state index contributed by atoms with van der Waals surface area (Å²) in [5.74, 6) is 0. The van der Waals surface area contributed by atoms with E-state index < -0.39 is 0 Å². The third kappa shape index (κ3) is 5.25. The summed E-state index contributed by atoms with van der Waals surface area (Å²) in [7, 11) is 1.71. The maximum atomic E-state index is 5.98. The molecule has 0 aliphatic carbocycles. The first-order valence-corrected chi connectivity index (χ1v) is 5.86. The standard InChI is InChI=1S/C11H17BrN2O/c1-15-6-2-3-10(13)7-11-5-4-9(12)8-14-11/h4-5,8,10H,2-3,6-7,13H2,1H3. The van der Waals surface area contributed by atoms with Gasteiger partial charge in [0.15, 0.2) is 0 Å². The van der Waals surface area contributed by atoms with Crippen LogP contribution in [0.3, 0.4) is 0 Å². The van der Waals surface area contributed by atoms with Crippen molar-refractivity contribution in [2.45, 2.75) is 25.3 Å². The number of halogens is 1. The molecule has 0 amide bonds. The Morgan fingerprint density at radius 1 is 1.53 bits per heavy atom. The molecular formula is C11H17BrN2O. The molecule has 84 valence electrons. The lowest BCUT2D eigenvalue weighted by atomic mass is 10.1. The fraction of sp³-hybridized carbons (Fsp3) is 0.545. The van der Waals surface area contributed by atoms with Crippen LogP contribution in [0.4, 0.5) is 0 Å². The molecule has 0 aromatic carbocycles. The van der Waals surface area contributed by atoms with Crippen molar-refractivity contribution in [2.75, 3.05) is 13.7 Å². The van der Waals surface area contributed by atoms with Crippen LogP contribution in [0.15, 0.2) is 22.8 Å². The molecule has 15 heavy (non-hydrogen) atoms. The second kappa shape index (κ2) is 6.93. The largest absolute Gasteiger partial charge is 0.385 e. The zero-order valence-corrected chi connectivity index (χ0v) is 10.5. The Morgan fingerprint density at radius 2 is 2.33 bits per heavy atom. The van der Waals surface area contributed by atoms with E-state index in [-0.39, 0.29) is 6.04 Å². The van der Waals surface area contributed by atoms with Crippen LogP contribution in [0.2, 0.25) is 0 Å². The van der Waals surface area contributed by atoms with Crippen LogP contribution in [-0.2, 0) is 11.2 Å². The van der Waals surface area contributed by atoms with Crippen LogP contribution in [0.5, 0.6) is 0 Å². The van der Waals surface area contributed by atoms with Crippen LogP contribution in [-0.4, -0.2) is 24.7 Å². The molecule has 1 rings (SSSR count). The number of nitrogens with zero attached hydrogens (tertiary/aromatic N) is 1. The lowest BCUT2D eigenvalue weighted by Crippen LogP contribution is -2.23. The number of hydrogen-bond donors (Lipinski definition) is 1. The molecule has 3 nitrogen and oxygen atoms in total. The Kier molecular flexibility index (Phi) is 5.83. The lowest BCUT2D eigenvalue weighted by Gasteiger charge is -2.10. The van der Waals surface area contributed by atoms with Gasteiger partial charge >= 0.3 is 0 Å². The highest BCUT2D eigenvalue weighted by molar-refractivity contribution is 9.10. The Hall–Kier alpha value is -0.450. The predicted molar refractivity (Wildman–Crippen MR) is 64.7 cm³/mol. The summed E-state index contributed by atoms with van der Waals surface area (Å²) < 4.78 is 5.98. The van der Waals surface area contributed by atoms with Crippen molar-refractivity contribution < 1.29 is 4.74 Å². The first-order chi connectivity index (χ1) is 7.22. The average molecular weight is 273 g/mol. The predicted octanol–water partition coefficient (Wildman–Crippen LogP) is 2.14. The Balaban J connectivity index is 2.31. The third-order valence-electron chi connectivity index (χ3n) is 2.18. The molecule has 0 fully saturated rings. The summed E-state index contributed by atoms with van der Waals surface area (Å²) in [4.78, 5) is 4.29. The molecule has 1 aromatic heterocycles. The number of methoxy groups -OCH3 is 1. The van der Waals surface area contributed by atoms with Crippen molar-refractivity contribution in [2.24, 2.45) is 5.73 Å². The summed E-state index contributed by atoms with van der Waals surface area (Å²) in [6.45, 7) is 0.779. The highest BCUT2D eigenvalue weighted by Crippen LogP contribution is 2.09. The molecule has 0 aliphatic heterocycles. The Labute approximate surface area is 99.2 Å². The van der Waals surface area contributed by atoms with E-state index in [4.69, 9.17) is 10.5 Å². The number of ether oxygens (including phenoxy) is 1. The molecular weight excluding hydrogens is 256 g/mol. The van der Waals surface area contributed by atoms with Crippen molar-refractivity contribution in [1.82, 2.24) is 4.98 Å². The molecule has 0 aliphatic rings. The van der Waals surface area contributed by atoms with Crippen LogP contribution in [0.25, 0.3) is 0 Å². The van der Waals surface area contributed by atoms with Gasteiger partial charge in [-0.25, -0.2) is 0 Å². The van der Waals surface area contributed by atoms with Crippen LogP contribution in [0, 0.1) is 0 Å². The molecule has 1 heterocycles. The summed E-state index contributed by atoms with van der Waals surface area (Å²) in [5, 5.41) is 0. The highest BCUT2D eigenvalue weighted by Gasteiger charge is 2.04. The lowest BCUT2D eigenvalue weighted by molar-refractivity contribution is 0.190. The summed E-state index contributed by atoms with van der Waals surface area (Å²) >= 11 is 3.35. The van der Waals surface area contributed by atoms with Gasteiger partial charge in [0.2, 0.25) is 0 Å². The minimum atomic E-state index is 0.175. The van der Waals surface area contributed by atoms with Crippen molar-refractivity contribution in [3.8, 4) is 0 Å². The van der Waals surface area contributed by atoms with Gasteiger partial charge < -0.3 is 10.5 Å². The van der Waals surface area contributed by atoms with Gasteiger partial charge in [-0.1, -0.05) is 0 Å². The summed E-state index contributed by atoms with van der Waals surface area (Å²) in [6.07, 6.45) is 4.62. The van der Waals surface area contributed by atoms with Gasteiger partial charge in [0.1, 0.15) is 0 Å². The zero-order chi connectivity index (χ0) is 11.1. The fourth-order valence-corrected chi connectivity index (χ4v) is 1.62. The van der Waals surface area contributed by atoms with Gasteiger partial charge in [-0.15, -0.1) is 0 Å². The number of nitrogens with two attached hydrogens (primary N) is 1. The third-order valence-corrected chi connectivity index (χ3v) is 2.65. The smallest absolute Gasteiger partial charge is 0.0462 e. The van der Waals surface area contributed by atoms with E-state index in [0.29, 0.717) is 0 Å². The zero-order valence-electron chi connectivity index (χ0n) is 8.95. The minimum Gasteiger partial charge on any atom is -0.385 e.